The van der Waals surface area contributed by atoms with Crippen LogP contribution in [0.2, 0.25) is 0 Å². The van der Waals surface area contributed by atoms with Crippen molar-refractivity contribution in [3.05, 3.63) is 76.6 Å². The Labute approximate surface area is 138 Å². The van der Waals surface area contributed by atoms with Crippen LogP contribution in [-0.2, 0) is 0 Å². The van der Waals surface area contributed by atoms with Gasteiger partial charge in [0.1, 0.15) is 5.82 Å². The Bertz CT molecular complexity index is 964. The first-order chi connectivity index (χ1) is 11.6. The van der Waals surface area contributed by atoms with Gasteiger partial charge >= 0.3 is 0 Å². The van der Waals surface area contributed by atoms with E-state index in [0.29, 0.717) is 22.5 Å². The lowest BCUT2D eigenvalue weighted by Gasteiger charge is -2.27. The fraction of sp³-hybridized carbons (Fsp3) is 0.150. The molecule has 0 saturated carbocycles. The van der Waals surface area contributed by atoms with Crippen molar-refractivity contribution in [3.63, 3.8) is 0 Å². The number of Topliss-reactive ketones (excluding diaryl/α,β-unsaturated/α-hetero) is 1. The highest BCUT2D eigenvalue weighted by molar-refractivity contribution is 6.23. The van der Waals surface area contributed by atoms with Gasteiger partial charge in [0.2, 0.25) is 0 Å². The minimum Gasteiger partial charge on any atom is -0.289 e. The van der Waals surface area contributed by atoms with Crippen molar-refractivity contribution in [2.45, 2.75) is 12.8 Å². The van der Waals surface area contributed by atoms with Crippen LogP contribution in [0.25, 0.3) is 5.70 Å². The molecule has 0 spiro atoms. The van der Waals surface area contributed by atoms with Gasteiger partial charge in [-0.15, -0.1) is 0 Å². The maximum absolute atomic E-state index is 13.3. The molecule has 116 valence electrons. The van der Waals surface area contributed by atoms with Gasteiger partial charge in [-0.1, -0.05) is 36.4 Å². The Morgan fingerprint density at radius 1 is 1.08 bits per heavy atom. The topological polar surface area (TPSA) is 53.2 Å². The molecule has 0 aromatic heterocycles. The van der Waals surface area contributed by atoms with Crippen LogP contribution in [-0.4, -0.2) is 11.5 Å². The van der Waals surface area contributed by atoms with Crippen molar-refractivity contribution < 1.29 is 9.18 Å². The minimum absolute atomic E-state index is 0.0913. The van der Waals surface area contributed by atoms with Gasteiger partial charge in [-0.25, -0.2) is 4.39 Å². The molecule has 2 aromatic rings. The summed E-state index contributed by atoms with van der Waals surface area (Å²) in [5.41, 5.74) is 4.04. The SMILES string of the molecule is CC1=NC2=C(C(=O)c3ccccc32)C(c2ccc(F)cc2)C1C#N. The monoisotopic (exact) mass is 316 g/mol. The molecule has 1 aliphatic carbocycles. The highest BCUT2D eigenvalue weighted by Gasteiger charge is 2.42. The number of halogens is 1. The lowest BCUT2D eigenvalue weighted by Crippen LogP contribution is -2.26. The fourth-order valence-electron chi connectivity index (χ4n) is 3.55. The van der Waals surface area contributed by atoms with E-state index in [0.717, 1.165) is 11.1 Å². The average molecular weight is 316 g/mol. The minimum atomic E-state index is -0.535. The van der Waals surface area contributed by atoms with E-state index in [1.54, 1.807) is 25.1 Å². The molecule has 4 heteroatoms. The Kier molecular flexibility index (Phi) is 3.17. The Hall–Kier alpha value is -3.06. The number of carbonyl (C=O) groups is 1. The summed E-state index contributed by atoms with van der Waals surface area (Å²) in [6, 6.07) is 15.6. The third kappa shape index (κ3) is 1.95. The predicted molar refractivity (Wildman–Crippen MR) is 89.0 cm³/mol. The molecule has 2 aromatic carbocycles. The summed E-state index contributed by atoms with van der Waals surface area (Å²) in [5.74, 6) is -1.40. The number of nitrogens with zero attached hydrogens (tertiary/aromatic N) is 2. The van der Waals surface area contributed by atoms with E-state index >= 15 is 0 Å². The molecule has 0 amide bonds. The van der Waals surface area contributed by atoms with E-state index in [-0.39, 0.29) is 11.6 Å². The van der Waals surface area contributed by atoms with Crippen LogP contribution >= 0.6 is 0 Å². The molecule has 0 bridgehead atoms. The Balaban J connectivity index is 1.96. The molecule has 24 heavy (non-hydrogen) atoms. The second kappa shape index (κ2) is 5.24. The zero-order valence-electron chi connectivity index (χ0n) is 13.0. The lowest BCUT2D eigenvalue weighted by atomic mass is 9.76. The number of nitriles is 1. The van der Waals surface area contributed by atoms with Crippen LogP contribution in [0.3, 0.4) is 0 Å². The maximum atomic E-state index is 13.3. The van der Waals surface area contributed by atoms with Gasteiger partial charge in [0.05, 0.1) is 17.7 Å². The van der Waals surface area contributed by atoms with Crippen molar-refractivity contribution in [3.8, 4) is 6.07 Å². The third-order valence-corrected chi connectivity index (χ3v) is 4.68. The molecule has 1 heterocycles. The fourth-order valence-corrected chi connectivity index (χ4v) is 3.55. The van der Waals surface area contributed by atoms with Crippen molar-refractivity contribution >= 4 is 17.2 Å². The Morgan fingerprint density at radius 2 is 1.75 bits per heavy atom. The predicted octanol–water partition coefficient (Wildman–Crippen LogP) is 4.13. The van der Waals surface area contributed by atoms with Crippen LogP contribution in [0.5, 0.6) is 0 Å². The summed E-state index contributed by atoms with van der Waals surface area (Å²) in [5, 5.41) is 9.63. The number of benzene rings is 2. The van der Waals surface area contributed by atoms with Gasteiger partial charge in [-0.2, -0.15) is 5.26 Å². The molecule has 0 N–H and O–H groups in total. The smallest absolute Gasteiger partial charge is 0.192 e. The van der Waals surface area contributed by atoms with Crippen LogP contribution in [0.15, 0.2) is 59.1 Å². The zero-order valence-corrected chi connectivity index (χ0v) is 13.0. The first kappa shape index (κ1) is 14.5. The first-order valence-corrected chi connectivity index (χ1v) is 7.70. The average Bonchev–Trinajstić information content (AvgIpc) is 2.87. The first-order valence-electron chi connectivity index (χ1n) is 7.70. The standard InChI is InChI=1S/C20H13FN2O/c1-11-16(10-22)17(12-6-8-13(21)9-7-12)18-19(23-11)14-4-2-3-5-15(14)20(18)24/h2-9,16-17H,1H3. The van der Waals surface area contributed by atoms with E-state index in [9.17, 15) is 14.4 Å². The van der Waals surface area contributed by atoms with Crippen LogP contribution < -0.4 is 0 Å². The number of hydrogen-bond acceptors (Lipinski definition) is 3. The van der Waals surface area contributed by atoms with Gasteiger partial charge in [-0.3, -0.25) is 9.79 Å². The number of allylic oxidation sites excluding steroid dienone is 1. The molecule has 4 rings (SSSR count). The molecule has 2 atom stereocenters. The van der Waals surface area contributed by atoms with Gasteiger partial charge in [0, 0.05) is 28.3 Å². The molecule has 0 fully saturated rings. The van der Waals surface area contributed by atoms with Crippen molar-refractivity contribution in [1.82, 2.24) is 0 Å². The zero-order chi connectivity index (χ0) is 16.8. The van der Waals surface area contributed by atoms with E-state index in [1.165, 1.54) is 12.1 Å². The molecular formula is C20H13FN2O. The van der Waals surface area contributed by atoms with E-state index in [2.05, 4.69) is 11.1 Å². The molecular weight excluding hydrogens is 303 g/mol. The molecule has 3 nitrogen and oxygen atoms in total. The molecule has 1 aliphatic heterocycles. The number of fused-ring (bicyclic) bond motifs is 2. The van der Waals surface area contributed by atoms with E-state index < -0.39 is 11.8 Å². The Morgan fingerprint density at radius 3 is 2.42 bits per heavy atom. The van der Waals surface area contributed by atoms with Crippen LogP contribution in [0, 0.1) is 23.1 Å². The summed E-state index contributed by atoms with van der Waals surface area (Å²) in [6.07, 6.45) is 0. The second-order valence-electron chi connectivity index (χ2n) is 6.03. The van der Waals surface area contributed by atoms with E-state index in [4.69, 9.17) is 0 Å². The highest BCUT2D eigenvalue weighted by atomic mass is 19.1. The molecule has 0 saturated heterocycles. The number of carbonyl (C=O) groups excluding carboxylic acids is 1. The van der Waals surface area contributed by atoms with Crippen LogP contribution in [0.4, 0.5) is 4.39 Å². The summed E-state index contributed by atoms with van der Waals surface area (Å²) in [4.78, 5) is 17.5. The number of ketones is 1. The maximum Gasteiger partial charge on any atom is 0.192 e. The van der Waals surface area contributed by atoms with Gasteiger partial charge < -0.3 is 0 Å². The summed E-state index contributed by atoms with van der Waals surface area (Å²) >= 11 is 0. The van der Waals surface area contributed by atoms with Gasteiger partial charge in [0.15, 0.2) is 5.78 Å². The number of rotatable bonds is 1. The largest absolute Gasteiger partial charge is 0.289 e. The van der Waals surface area contributed by atoms with Crippen molar-refractivity contribution in [2.24, 2.45) is 10.9 Å². The molecule has 2 unspecified atom stereocenters. The molecule has 2 aliphatic rings. The third-order valence-electron chi connectivity index (χ3n) is 4.68. The highest BCUT2D eigenvalue weighted by Crippen LogP contribution is 2.47. The summed E-state index contributed by atoms with van der Waals surface area (Å²) < 4.78 is 13.3. The van der Waals surface area contributed by atoms with Crippen LogP contribution in [0.1, 0.15) is 34.3 Å². The lowest BCUT2D eigenvalue weighted by molar-refractivity contribution is 0.103. The summed E-state index contributed by atoms with van der Waals surface area (Å²) in [7, 11) is 0. The van der Waals surface area contributed by atoms with Crippen molar-refractivity contribution in [1.29, 1.82) is 5.26 Å². The quantitative estimate of drug-likeness (QED) is 0.794. The second-order valence-corrected chi connectivity index (χ2v) is 6.03. The summed E-state index contributed by atoms with van der Waals surface area (Å²) in [6.45, 7) is 1.81. The van der Waals surface area contributed by atoms with Crippen molar-refractivity contribution in [2.75, 3.05) is 0 Å². The number of aliphatic imine (C=N–C) groups is 1. The van der Waals surface area contributed by atoms with Gasteiger partial charge in [-0.05, 0) is 24.6 Å². The van der Waals surface area contributed by atoms with E-state index in [1.807, 2.05) is 18.2 Å². The molecule has 0 radical (unpaired) electrons. The normalized spacial score (nSPS) is 21.9. The van der Waals surface area contributed by atoms with Gasteiger partial charge in [0.25, 0.3) is 0 Å². The number of hydrogen-bond donors (Lipinski definition) is 0.